The van der Waals surface area contributed by atoms with Gasteiger partial charge in [0.05, 0.1) is 0 Å². The second kappa shape index (κ2) is 12.7. The summed E-state index contributed by atoms with van der Waals surface area (Å²) < 4.78 is 0. The summed E-state index contributed by atoms with van der Waals surface area (Å²) in [5.74, 6) is 0.0516. The lowest BCUT2D eigenvalue weighted by Crippen LogP contribution is -2.32. The molecule has 0 aliphatic rings. The summed E-state index contributed by atoms with van der Waals surface area (Å²) >= 11 is 0. The van der Waals surface area contributed by atoms with Gasteiger partial charge < -0.3 is 10.2 Å². The first kappa shape index (κ1) is 23.5. The number of rotatable bonds is 8. The van der Waals surface area contributed by atoms with Gasteiger partial charge in [0.2, 0.25) is 0 Å². The lowest BCUT2D eigenvalue weighted by Gasteiger charge is -2.24. The van der Waals surface area contributed by atoms with Crippen molar-refractivity contribution in [3.63, 3.8) is 0 Å². The van der Waals surface area contributed by atoms with Crippen LogP contribution in [0, 0.1) is 12.8 Å². The molecular formula is C28H30N2O. The molecule has 0 fully saturated rings. The molecule has 0 spiro atoms. The van der Waals surface area contributed by atoms with Crippen molar-refractivity contribution in [3.05, 3.63) is 119 Å². The molecule has 0 radical (unpaired) electrons. The molecule has 3 rings (SSSR count). The fourth-order valence-corrected chi connectivity index (χ4v) is 3.17. The first-order valence-corrected chi connectivity index (χ1v) is 10.3. The van der Waals surface area contributed by atoms with Crippen molar-refractivity contribution in [2.24, 2.45) is 0 Å². The molecule has 0 aliphatic carbocycles. The van der Waals surface area contributed by atoms with Gasteiger partial charge >= 0.3 is 0 Å². The minimum Gasteiger partial charge on any atom is -0.384 e. The Morgan fingerprint density at radius 3 is 1.52 bits per heavy atom. The predicted octanol–water partition coefficient (Wildman–Crippen LogP) is 5.55. The summed E-state index contributed by atoms with van der Waals surface area (Å²) in [6.07, 6.45) is 8.00. The first-order valence-electron chi connectivity index (χ1n) is 10.3. The monoisotopic (exact) mass is 410 g/mol. The van der Waals surface area contributed by atoms with Crippen molar-refractivity contribution in [2.45, 2.75) is 33.5 Å². The van der Waals surface area contributed by atoms with E-state index in [0.717, 1.165) is 22.4 Å². The Labute approximate surface area is 186 Å². The van der Waals surface area contributed by atoms with Gasteiger partial charge in [0.25, 0.3) is 5.91 Å². The van der Waals surface area contributed by atoms with Gasteiger partial charge in [-0.3, -0.25) is 4.79 Å². The SMILES string of the molecule is C#C.C/C(NCc1ccccc1)=C(/C)C(=O)N(Cc1ccccc1)Cc1ccccc1. The maximum absolute atomic E-state index is 13.3. The zero-order valence-electron chi connectivity index (χ0n) is 18.3. The van der Waals surface area contributed by atoms with Gasteiger partial charge in [-0.05, 0) is 30.5 Å². The van der Waals surface area contributed by atoms with Gasteiger partial charge in [0.1, 0.15) is 0 Å². The van der Waals surface area contributed by atoms with Gasteiger partial charge in [-0.1, -0.05) is 91.0 Å². The number of amides is 1. The summed E-state index contributed by atoms with van der Waals surface area (Å²) in [5, 5.41) is 3.39. The van der Waals surface area contributed by atoms with Crippen LogP contribution in [0.2, 0.25) is 0 Å². The highest BCUT2D eigenvalue weighted by Gasteiger charge is 2.18. The van der Waals surface area contributed by atoms with E-state index in [1.807, 2.05) is 73.3 Å². The van der Waals surface area contributed by atoms with E-state index in [2.05, 4.69) is 54.6 Å². The van der Waals surface area contributed by atoms with E-state index in [1.54, 1.807) is 0 Å². The van der Waals surface area contributed by atoms with Crippen LogP contribution in [0.3, 0.4) is 0 Å². The zero-order valence-corrected chi connectivity index (χ0v) is 18.3. The van der Waals surface area contributed by atoms with Crippen molar-refractivity contribution < 1.29 is 4.79 Å². The third kappa shape index (κ3) is 7.53. The average Bonchev–Trinajstić information content (AvgIpc) is 2.84. The molecule has 3 nitrogen and oxygen atoms in total. The quantitative estimate of drug-likeness (QED) is 0.390. The summed E-state index contributed by atoms with van der Waals surface area (Å²) in [7, 11) is 0. The van der Waals surface area contributed by atoms with Crippen molar-refractivity contribution >= 4 is 5.91 Å². The van der Waals surface area contributed by atoms with Crippen LogP contribution < -0.4 is 5.32 Å². The van der Waals surface area contributed by atoms with Crippen LogP contribution in [0.25, 0.3) is 0 Å². The Morgan fingerprint density at radius 2 is 1.10 bits per heavy atom. The van der Waals surface area contributed by atoms with Crippen LogP contribution in [0.1, 0.15) is 30.5 Å². The molecule has 0 heterocycles. The van der Waals surface area contributed by atoms with Gasteiger partial charge in [0, 0.05) is 30.9 Å². The van der Waals surface area contributed by atoms with Crippen molar-refractivity contribution in [1.82, 2.24) is 10.2 Å². The molecule has 0 bridgehead atoms. The van der Waals surface area contributed by atoms with Crippen molar-refractivity contribution in [1.29, 1.82) is 0 Å². The molecule has 0 aliphatic heterocycles. The van der Waals surface area contributed by atoms with Gasteiger partial charge in [-0.25, -0.2) is 0 Å². The lowest BCUT2D eigenvalue weighted by atomic mass is 10.1. The highest BCUT2D eigenvalue weighted by molar-refractivity contribution is 5.93. The largest absolute Gasteiger partial charge is 0.384 e. The van der Waals surface area contributed by atoms with E-state index in [-0.39, 0.29) is 5.91 Å². The Bertz CT molecular complexity index is 935. The van der Waals surface area contributed by atoms with E-state index >= 15 is 0 Å². The molecule has 0 atom stereocenters. The Kier molecular flexibility index (Phi) is 9.65. The molecule has 0 unspecified atom stereocenters. The second-order valence-electron chi connectivity index (χ2n) is 7.22. The van der Waals surface area contributed by atoms with Crippen LogP contribution in [0.5, 0.6) is 0 Å². The number of terminal acetylenes is 1. The number of carbonyl (C=O) groups is 1. The van der Waals surface area contributed by atoms with Gasteiger partial charge in [-0.15, -0.1) is 12.8 Å². The fourth-order valence-electron chi connectivity index (χ4n) is 3.17. The van der Waals surface area contributed by atoms with E-state index in [9.17, 15) is 4.79 Å². The second-order valence-corrected chi connectivity index (χ2v) is 7.22. The number of benzene rings is 3. The average molecular weight is 411 g/mol. The summed E-state index contributed by atoms with van der Waals surface area (Å²) in [4.78, 5) is 15.2. The lowest BCUT2D eigenvalue weighted by molar-refractivity contribution is -0.128. The standard InChI is InChI=1S/C26H28N2O.C2H2/c1-21(22(2)27-18-23-12-6-3-7-13-23)26(29)28(19-24-14-8-4-9-15-24)20-25-16-10-5-11-17-25;1-2/h3-17,27H,18-20H2,1-2H3;1-2H/b22-21+;. The van der Waals surface area contributed by atoms with Crippen LogP contribution >= 0.6 is 0 Å². The molecule has 3 aromatic rings. The molecule has 0 saturated heterocycles. The maximum atomic E-state index is 13.3. The van der Waals surface area contributed by atoms with Crippen LogP contribution in [0.4, 0.5) is 0 Å². The molecule has 0 aromatic heterocycles. The number of nitrogens with one attached hydrogen (secondary N) is 1. The summed E-state index contributed by atoms with van der Waals surface area (Å²) in [5.41, 5.74) is 5.09. The molecule has 1 amide bonds. The molecule has 158 valence electrons. The smallest absolute Gasteiger partial charge is 0.251 e. The number of allylic oxidation sites excluding steroid dienone is 1. The van der Waals surface area contributed by atoms with E-state index in [1.165, 1.54) is 5.56 Å². The minimum atomic E-state index is 0.0516. The summed E-state index contributed by atoms with van der Waals surface area (Å²) in [6.45, 7) is 5.74. The Morgan fingerprint density at radius 1 is 0.710 bits per heavy atom. The van der Waals surface area contributed by atoms with Gasteiger partial charge in [-0.2, -0.15) is 0 Å². The van der Waals surface area contributed by atoms with E-state index in [4.69, 9.17) is 0 Å². The Balaban J connectivity index is 0.00000166. The number of hydrogen-bond donors (Lipinski definition) is 1. The molecule has 3 aromatic carbocycles. The Hall–Kier alpha value is -3.77. The fraction of sp³-hybridized carbons (Fsp3) is 0.179. The highest BCUT2D eigenvalue weighted by atomic mass is 16.2. The van der Waals surface area contributed by atoms with Crippen molar-refractivity contribution in [2.75, 3.05) is 0 Å². The van der Waals surface area contributed by atoms with E-state index in [0.29, 0.717) is 19.6 Å². The zero-order chi connectivity index (χ0) is 22.5. The van der Waals surface area contributed by atoms with E-state index < -0.39 is 0 Å². The molecular weight excluding hydrogens is 380 g/mol. The molecule has 3 heteroatoms. The maximum Gasteiger partial charge on any atom is 0.251 e. The molecule has 31 heavy (non-hydrogen) atoms. The molecule has 1 N–H and O–H groups in total. The van der Waals surface area contributed by atoms with Gasteiger partial charge in [0.15, 0.2) is 0 Å². The molecule has 0 saturated carbocycles. The normalized spacial score (nSPS) is 10.8. The van der Waals surface area contributed by atoms with Crippen LogP contribution in [-0.4, -0.2) is 10.8 Å². The third-order valence-corrected chi connectivity index (χ3v) is 5.00. The number of carbonyl (C=O) groups excluding carboxylic acids is 1. The third-order valence-electron chi connectivity index (χ3n) is 5.00. The van der Waals surface area contributed by atoms with Crippen LogP contribution in [0.15, 0.2) is 102 Å². The van der Waals surface area contributed by atoms with Crippen molar-refractivity contribution in [3.8, 4) is 12.8 Å². The summed E-state index contributed by atoms with van der Waals surface area (Å²) in [6, 6.07) is 30.5. The highest BCUT2D eigenvalue weighted by Crippen LogP contribution is 2.15. The first-order chi connectivity index (χ1) is 15.1. The number of hydrogen-bond acceptors (Lipinski definition) is 2. The number of nitrogens with zero attached hydrogens (tertiary/aromatic N) is 1. The topological polar surface area (TPSA) is 32.3 Å². The van der Waals surface area contributed by atoms with Crippen LogP contribution in [-0.2, 0) is 24.4 Å². The predicted molar refractivity (Wildman–Crippen MR) is 129 cm³/mol. The minimum absolute atomic E-state index is 0.0516.